The first-order chi connectivity index (χ1) is 15.7. The van der Waals surface area contributed by atoms with Crippen molar-refractivity contribution in [1.29, 1.82) is 0 Å². The smallest absolute Gasteiger partial charge is 0.323 e. The minimum Gasteiger partial charge on any atom is -0.323 e. The fourth-order valence-corrected chi connectivity index (χ4v) is 4.64. The number of aryl methyl sites for hydroxylation is 1. The summed E-state index contributed by atoms with van der Waals surface area (Å²) in [6, 6.07) is 2.64. The molecule has 1 saturated carbocycles. The molecule has 1 amide bonds. The average Bonchev–Trinajstić information content (AvgIpc) is 3.52. The van der Waals surface area contributed by atoms with Crippen LogP contribution in [0.4, 0.5) is 23.2 Å². The summed E-state index contributed by atoms with van der Waals surface area (Å²) < 4.78 is 55.5. The number of aromatic nitrogens is 5. The molecule has 3 aromatic rings. The minimum atomic E-state index is -4.60. The predicted octanol–water partition coefficient (Wildman–Crippen LogP) is 3.38. The number of nitrogens with one attached hydrogen (secondary N) is 2. The van der Waals surface area contributed by atoms with E-state index in [2.05, 4.69) is 25.7 Å². The Kier molecular flexibility index (Phi) is 5.19. The lowest BCUT2D eigenvalue weighted by molar-refractivity contribution is -0.141. The van der Waals surface area contributed by atoms with Gasteiger partial charge in [0.15, 0.2) is 17.3 Å². The van der Waals surface area contributed by atoms with E-state index in [0.717, 1.165) is 35.4 Å². The number of alkyl halides is 3. The Morgan fingerprint density at radius 1 is 1.27 bits per heavy atom. The van der Waals surface area contributed by atoms with E-state index >= 15 is 0 Å². The summed E-state index contributed by atoms with van der Waals surface area (Å²) in [5.41, 5.74) is 0.0222. The van der Waals surface area contributed by atoms with Crippen LogP contribution in [0.3, 0.4) is 0 Å². The molecule has 174 valence electrons. The van der Waals surface area contributed by atoms with Crippen molar-refractivity contribution in [3.63, 3.8) is 0 Å². The van der Waals surface area contributed by atoms with Crippen molar-refractivity contribution in [3.05, 3.63) is 53.8 Å². The zero-order valence-corrected chi connectivity index (χ0v) is 17.6. The van der Waals surface area contributed by atoms with Gasteiger partial charge in [-0.25, -0.2) is 14.4 Å². The number of nitrogens with zero attached hydrogens (tertiary/aromatic N) is 5. The van der Waals surface area contributed by atoms with E-state index in [-0.39, 0.29) is 23.2 Å². The number of fused-ring (bicyclic) bond motifs is 2. The van der Waals surface area contributed by atoms with E-state index in [9.17, 15) is 22.4 Å². The van der Waals surface area contributed by atoms with Gasteiger partial charge in [-0.1, -0.05) is 0 Å². The summed E-state index contributed by atoms with van der Waals surface area (Å²) in [6.07, 6.45) is 3.40. The fraction of sp³-hybridized carbons (Fsp3) is 0.429. The highest BCUT2D eigenvalue weighted by Crippen LogP contribution is 2.42. The molecule has 1 saturated heterocycles. The molecular weight excluding hydrogens is 442 g/mol. The number of carbonyl (C=O) groups excluding carboxylic acids is 1. The number of piperidine rings is 1. The van der Waals surface area contributed by atoms with Crippen LogP contribution in [0.15, 0.2) is 30.9 Å². The molecule has 8 nitrogen and oxygen atoms in total. The van der Waals surface area contributed by atoms with Crippen molar-refractivity contribution >= 4 is 11.6 Å². The van der Waals surface area contributed by atoms with Gasteiger partial charge in [0, 0.05) is 24.0 Å². The highest BCUT2D eigenvalue weighted by Gasteiger charge is 2.40. The largest absolute Gasteiger partial charge is 0.435 e. The molecule has 3 atom stereocenters. The third kappa shape index (κ3) is 4.22. The van der Waals surface area contributed by atoms with Gasteiger partial charge in [-0.05, 0) is 38.2 Å². The van der Waals surface area contributed by atoms with Gasteiger partial charge in [0.05, 0.1) is 23.6 Å². The van der Waals surface area contributed by atoms with Crippen LogP contribution in [0.2, 0.25) is 0 Å². The molecule has 4 heterocycles. The molecule has 2 bridgehead atoms. The predicted molar refractivity (Wildman–Crippen MR) is 109 cm³/mol. The topological polar surface area (TPSA) is 89.7 Å². The Bertz CT molecular complexity index is 1200. The van der Waals surface area contributed by atoms with E-state index in [1.807, 2.05) is 0 Å². The van der Waals surface area contributed by atoms with Gasteiger partial charge in [0.1, 0.15) is 12.9 Å². The number of amides is 1. The summed E-state index contributed by atoms with van der Waals surface area (Å²) in [5.74, 6) is -0.754. The third-order valence-corrected chi connectivity index (χ3v) is 6.20. The maximum absolute atomic E-state index is 14.7. The highest BCUT2D eigenvalue weighted by atomic mass is 19.4. The van der Waals surface area contributed by atoms with E-state index in [1.54, 1.807) is 6.20 Å². The van der Waals surface area contributed by atoms with Crippen molar-refractivity contribution in [2.75, 3.05) is 5.32 Å². The van der Waals surface area contributed by atoms with Crippen LogP contribution >= 0.6 is 0 Å². The number of pyridine rings is 1. The van der Waals surface area contributed by atoms with Crippen LogP contribution < -0.4 is 10.6 Å². The molecule has 5 rings (SSSR count). The molecule has 2 aliphatic rings. The Hall–Kier alpha value is -3.28. The van der Waals surface area contributed by atoms with E-state index < -0.39 is 30.1 Å². The van der Waals surface area contributed by atoms with E-state index in [1.165, 1.54) is 30.4 Å². The van der Waals surface area contributed by atoms with Gasteiger partial charge in [0.25, 0.3) is 0 Å². The number of halogens is 4. The van der Waals surface area contributed by atoms with Crippen LogP contribution in [0.5, 0.6) is 0 Å². The molecule has 0 radical (unpaired) electrons. The molecule has 0 aromatic carbocycles. The Balaban J connectivity index is 1.26. The zero-order valence-electron chi connectivity index (χ0n) is 17.6. The molecule has 2 fully saturated rings. The van der Waals surface area contributed by atoms with Crippen LogP contribution in [-0.2, 0) is 17.5 Å². The van der Waals surface area contributed by atoms with Crippen LogP contribution in [-0.4, -0.2) is 36.3 Å². The normalized spacial score (nSPS) is 22.2. The molecule has 0 spiro atoms. The summed E-state index contributed by atoms with van der Waals surface area (Å²) in [4.78, 5) is 20.8. The second-order valence-corrected chi connectivity index (χ2v) is 8.52. The monoisotopic (exact) mass is 463 g/mol. The Labute approximate surface area is 186 Å². The average molecular weight is 463 g/mol. The molecule has 33 heavy (non-hydrogen) atoms. The third-order valence-electron chi connectivity index (χ3n) is 6.20. The summed E-state index contributed by atoms with van der Waals surface area (Å²) in [5, 5.41) is 9.39. The lowest BCUT2D eigenvalue weighted by Gasteiger charge is -2.21. The number of anilines is 1. The second-order valence-electron chi connectivity index (χ2n) is 8.52. The first kappa shape index (κ1) is 21.6. The first-order valence-electron chi connectivity index (χ1n) is 10.5. The molecule has 2 N–H and O–H groups in total. The number of hydrogen-bond donors (Lipinski definition) is 2. The van der Waals surface area contributed by atoms with Crippen molar-refractivity contribution in [2.24, 2.45) is 5.92 Å². The molecule has 0 unspecified atom stereocenters. The van der Waals surface area contributed by atoms with E-state index in [4.69, 9.17) is 0 Å². The summed E-state index contributed by atoms with van der Waals surface area (Å²) in [6.45, 7) is 0.962. The molecule has 1 aliphatic carbocycles. The number of imidazole rings is 1. The van der Waals surface area contributed by atoms with Crippen molar-refractivity contribution in [2.45, 2.75) is 51.0 Å². The number of hydrogen-bond acceptors (Lipinski definition) is 5. The van der Waals surface area contributed by atoms with Crippen LogP contribution in [0.1, 0.15) is 42.4 Å². The summed E-state index contributed by atoms with van der Waals surface area (Å²) >= 11 is 0. The second kappa shape index (κ2) is 7.94. The van der Waals surface area contributed by atoms with Gasteiger partial charge >= 0.3 is 6.18 Å². The Morgan fingerprint density at radius 2 is 2.09 bits per heavy atom. The fourth-order valence-electron chi connectivity index (χ4n) is 4.64. The quantitative estimate of drug-likeness (QED) is 0.567. The van der Waals surface area contributed by atoms with Gasteiger partial charge < -0.3 is 10.6 Å². The van der Waals surface area contributed by atoms with Crippen LogP contribution in [0.25, 0.3) is 5.82 Å². The molecule has 12 heteroatoms. The van der Waals surface area contributed by atoms with Crippen molar-refractivity contribution in [3.8, 4) is 5.82 Å². The molecule has 1 aliphatic heterocycles. The van der Waals surface area contributed by atoms with Crippen LogP contribution in [0, 0.1) is 18.7 Å². The molecular formula is C21H21F4N7O. The lowest BCUT2D eigenvalue weighted by Crippen LogP contribution is -2.28. The van der Waals surface area contributed by atoms with E-state index in [0.29, 0.717) is 12.0 Å². The van der Waals surface area contributed by atoms with Gasteiger partial charge in [-0.2, -0.15) is 18.3 Å². The van der Waals surface area contributed by atoms with Crippen molar-refractivity contribution in [1.82, 2.24) is 29.6 Å². The standard InChI is InChI=1S/C21H21F4N7O/c1-11-4-17(21(23,24)25)30-32(11)9-18(33)28-14-6-15(22)20(26-7-14)31-8-16(27-10-31)19-12-2-3-13(5-12)29-19/h4,6-8,10,12-13,19,29H,2-3,5,9H2,1H3,(H,28,33)/t12-,13+,19-/m1/s1. The first-order valence-corrected chi connectivity index (χ1v) is 10.5. The Morgan fingerprint density at radius 3 is 2.73 bits per heavy atom. The molecule has 3 aromatic heterocycles. The number of rotatable bonds is 5. The van der Waals surface area contributed by atoms with Crippen molar-refractivity contribution < 1.29 is 22.4 Å². The van der Waals surface area contributed by atoms with Gasteiger partial charge in [0.2, 0.25) is 5.91 Å². The summed E-state index contributed by atoms with van der Waals surface area (Å²) in [7, 11) is 0. The maximum Gasteiger partial charge on any atom is 0.435 e. The lowest BCUT2D eigenvalue weighted by atomic mass is 9.98. The SMILES string of the molecule is Cc1cc(C(F)(F)F)nn1CC(=O)Nc1cnc(-n2cnc([C@@H]3N[C@H]4CC[C@@H]3C4)c2)c(F)c1. The number of carbonyl (C=O) groups is 1. The zero-order chi connectivity index (χ0) is 23.3. The van der Waals surface area contributed by atoms with Gasteiger partial charge in [-0.3, -0.25) is 14.0 Å². The highest BCUT2D eigenvalue weighted by molar-refractivity contribution is 5.90. The minimum absolute atomic E-state index is 0.0349. The van der Waals surface area contributed by atoms with Gasteiger partial charge in [-0.15, -0.1) is 0 Å². The maximum atomic E-state index is 14.7.